The van der Waals surface area contributed by atoms with Gasteiger partial charge in [-0.1, -0.05) is 37.4 Å². The summed E-state index contributed by atoms with van der Waals surface area (Å²) in [6.07, 6.45) is 3.17. The van der Waals surface area contributed by atoms with Gasteiger partial charge in [-0.15, -0.1) is 0 Å². The number of hydrogen-bond donors (Lipinski definition) is 0. The molecular formula is C7H11BF3K. The molecule has 0 saturated heterocycles. The standard InChI is InChI=1S/C7H11BF3.K/c9-8(10,11)7-4-5-1-2-6(7)3-5;/h5-7H,1-4H2;/q-1;+1. The Kier molecular flexibility index (Phi) is 3.79. The molecule has 0 aromatic heterocycles. The molecule has 0 aromatic carbocycles. The Morgan fingerprint density at radius 3 is 1.92 bits per heavy atom. The Hall–Kier alpha value is 1.49. The summed E-state index contributed by atoms with van der Waals surface area (Å²) < 4.78 is 36.8. The van der Waals surface area contributed by atoms with E-state index in [4.69, 9.17) is 0 Å². The Morgan fingerprint density at radius 2 is 1.67 bits per heavy atom. The molecule has 2 aliphatic carbocycles. The average Bonchev–Trinajstić information content (AvgIpc) is 2.42. The molecule has 0 spiro atoms. The summed E-state index contributed by atoms with van der Waals surface area (Å²) in [4.78, 5) is 0. The summed E-state index contributed by atoms with van der Waals surface area (Å²) in [5, 5.41) is 0. The molecule has 64 valence electrons. The zero-order valence-electron chi connectivity index (χ0n) is 7.27. The quantitative estimate of drug-likeness (QED) is 0.526. The zero-order chi connectivity index (χ0) is 8.06. The van der Waals surface area contributed by atoms with Crippen LogP contribution in [-0.2, 0) is 0 Å². The third-order valence-corrected chi connectivity index (χ3v) is 3.28. The van der Waals surface area contributed by atoms with E-state index in [1.54, 1.807) is 0 Å². The molecule has 0 radical (unpaired) electrons. The van der Waals surface area contributed by atoms with E-state index in [1.807, 2.05) is 0 Å². The molecule has 2 aliphatic rings. The van der Waals surface area contributed by atoms with Crippen LogP contribution in [0.4, 0.5) is 12.9 Å². The zero-order valence-corrected chi connectivity index (χ0v) is 10.4. The van der Waals surface area contributed by atoms with E-state index in [0.717, 1.165) is 19.3 Å². The number of hydrogen-bond acceptors (Lipinski definition) is 0. The number of halogens is 3. The maximum atomic E-state index is 12.3. The normalized spacial score (nSPS) is 39.8. The van der Waals surface area contributed by atoms with Gasteiger partial charge in [-0.25, -0.2) is 0 Å². The van der Waals surface area contributed by atoms with E-state index in [1.165, 1.54) is 0 Å². The fourth-order valence-electron chi connectivity index (χ4n) is 2.76. The molecule has 0 N–H and O–H groups in total. The van der Waals surface area contributed by atoms with Gasteiger partial charge in [-0.3, -0.25) is 0 Å². The SMILES string of the molecule is F[B-](F)(F)C1CC2CCC1C2.[K+]. The maximum Gasteiger partial charge on any atom is 1.00 e. The van der Waals surface area contributed by atoms with Gasteiger partial charge in [0.05, 0.1) is 0 Å². The molecule has 0 aliphatic heterocycles. The van der Waals surface area contributed by atoms with Gasteiger partial charge in [-0.05, 0) is 5.92 Å². The molecular weight excluding hydrogens is 191 g/mol. The third-order valence-electron chi connectivity index (χ3n) is 3.28. The van der Waals surface area contributed by atoms with Gasteiger partial charge < -0.3 is 12.9 Å². The van der Waals surface area contributed by atoms with Crippen LogP contribution < -0.4 is 51.4 Å². The van der Waals surface area contributed by atoms with E-state index in [-0.39, 0.29) is 57.3 Å². The van der Waals surface area contributed by atoms with Crippen LogP contribution in [0, 0.1) is 11.8 Å². The van der Waals surface area contributed by atoms with E-state index < -0.39 is 12.8 Å². The van der Waals surface area contributed by atoms with Crippen LogP contribution in [0.3, 0.4) is 0 Å². The first-order valence-corrected chi connectivity index (χ1v) is 4.27. The smallest absolute Gasteiger partial charge is 0.449 e. The molecule has 2 fully saturated rings. The summed E-state index contributed by atoms with van der Waals surface area (Å²) in [7, 11) is 0. The Labute approximate surface area is 113 Å². The van der Waals surface area contributed by atoms with Crippen molar-refractivity contribution in [2.75, 3.05) is 0 Å². The molecule has 2 bridgehead atoms. The molecule has 12 heavy (non-hydrogen) atoms. The van der Waals surface area contributed by atoms with Gasteiger partial charge in [0.15, 0.2) is 0 Å². The van der Waals surface area contributed by atoms with Gasteiger partial charge in [0.1, 0.15) is 0 Å². The molecule has 0 aromatic rings. The van der Waals surface area contributed by atoms with Crippen molar-refractivity contribution >= 4 is 6.98 Å². The minimum absolute atomic E-state index is 0. The second-order valence-electron chi connectivity index (χ2n) is 3.96. The minimum Gasteiger partial charge on any atom is -0.449 e. The topological polar surface area (TPSA) is 0 Å². The molecule has 0 heterocycles. The van der Waals surface area contributed by atoms with Crippen molar-refractivity contribution in [3.8, 4) is 0 Å². The summed E-state index contributed by atoms with van der Waals surface area (Å²) in [5.41, 5.74) is 0. The molecule has 2 saturated carbocycles. The van der Waals surface area contributed by atoms with Crippen molar-refractivity contribution in [3.63, 3.8) is 0 Å². The van der Waals surface area contributed by atoms with E-state index in [2.05, 4.69) is 0 Å². The first-order chi connectivity index (χ1) is 5.07. The van der Waals surface area contributed by atoms with Crippen molar-refractivity contribution < 1.29 is 64.3 Å². The summed E-state index contributed by atoms with van der Waals surface area (Å²) in [5.74, 6) is -0.484. The van der Waals surface area contributed by atoms with Crippen LogP contribution in [0.15, 0.2) is 0 Å². The summed E-state index contributed by atoms with van der Waals surface area (Å²) in [6.45, 7) is -4.53. The summed E-state index contributed by atoms with van der Waals surface area (Å²) >= 11 is 0. The molecule has 2 rings (SSSR count). The van der Waals surface area contributed by atoms with Crippen LogP contribution in [0.2, 0.25) is 5.82 Å². The van der Waals surface area contributed by atoms with Gasteiger partial charge in [0, 0.05) is 0 Å². The predicted octanol–water partition coefficient (Wildman–Crippen LogP) is 0.0280. The second-order valence-corrected chi connectivity index (χ2v) is 3.96. The van der Waals surface area contributed by atoms with E-state index in [9.17, 15) is 12.9 Å². The summed E-state index contributed by atoms with van der Waals surface area (Å²) in [6, 6.07) is 0. The van der Waals surface area contributed by atoms with Crippen LogP contribution in [0.25, 0.3) is 0 Å². The predicted molar refractivity (Wildman–Crippen MR) is 38.3 cm³/mol. The largest absolute Gasteiger partial charge is 1.00 e. The van der Waals surface area contributed by atoms with Gasteiger partial charge in [-0.2, -0.15) is 0 Å². The van der Waals surface area contributed by atoms with Crippen LogP contribution >= 0.6 is 0 Å². The fraction of sp³-hybridized carbons (Fsp3) is 1.00. The monoisotopic (exact) mass is 202 g/mol. The molecule has 3 atom stereocenters. The van der Waals surface area contributed by atoms with Crippen molar-refractivity contribution in [1.29, 1.82) is 0 Å². The third kappa shape index (κ3) is 2.11. The van der Waals surface area contributed by atoms with Gasteiger partial charge in [0.2, 0.25) is 0 Å². The van der Waals surface area contributed by atoms with Crippen LogP contribution in [0.5, 0.6) is 0 Å². The molecule has 0 nitrogen and oxygen atoms in total. The number of rotatable bonds is 1. The maximum absolute atomic E-state index is 12.3. The van der Waals surface area contributed by atoms with Crippen molar-refractivity contribution in [2.45, 2.75) is 31.5 Å². The minimum atomic E-state index is -4.53. The van der Waals surface area contributed by atoms with Gasteiger partial charge >= 0.3 is 58.4 Å². The average molecular weight is 202 g/mol. The van der Waals surface area contributed by atoms with E-state index >= 15 is 0 Å². The Bertz CT molecular complexity index is 171. The van der Waals surface area contributed by atoms with Crippen LogP contribution in [-0.4, -0.2) is 6.98 Å². The van der Waals surface area contributed by atoms with E-state index in [0.29, 0.717) is 12.3 Å². The van der Waals surface area contributed by atoms with Gasteiger partial charge in [0.25, 0.3) is 0 Å². The Morgan fingerprint density at radius 1 is 1.00 bits per heavy atom. The molecule has 5 heteroatoms. The fourth-order valence-corrected chi connectivity index (χ4v) is 2.76. The second kappa shape index (κ2) is 3.93. The first kappa shape index (κ1) is 11.6. The van der Waals surface area contributed by atoms with Crippen molar-refractivity contribution in [1.82, 2.24) is 0 Å². The van der Waals surface area contributed by atoms with Crippen molar-refractivity contribution in [2.24, 2.45) is 11.8 Å². The van der Waals surface area contributed by atoms with Crippen molar-refractivity contribution in [3.05, 3.63) is 0 Å². The Balaban J connectivity index is 0.000000720. The molecule has 0 amide bonds. The first-order valence-electron chi connectivity index (χ1n) is 4.27. The van der Waals surface area contributed by atoms with Crippen LogP contribution in [0.1, 0.15) is 25.7 Å². The number of fused-ring (bicyclic) bond motifs is 2. The molecule has 3 unspecified atom stereocenters.